The number of H-pyrrole nitrogens is 3. The van der Waals surface area contributed by atoms with Gasteiger partial charge in [0.2, 0.25) is 0 Å². The molecule has 5 aromatic carbocycles. The second-order valence-corrected chi connectivity index (χ2v) is 15.7. The van der Waals surface area contributed by atoms with E-state index in [9.17, 15) is 34.9 Å². The Morgan fingerprint density at radius 1 is 0.766 bits per heavy atom. The number of carbonyl (C=O) groups is 2. The second kappa shape index (κ2) is 18.0. The maximum atomic E-state index is 11.6. The van der Waals surface area contributed by atoms with E-state index in [-0.39, 0.29) is 11.4 Å². The molecule has 0 bridgehead atoms. The molecule has 0 spiro atoms. The molecule has 5 heterocycles. The van der Waals surface area contributed by atoms with Crippen LogP contribution in [0.2, 0.25) is 10.0 Å². The number of non-ortho nitro benzene ring substituents is 2. The van der Waals surface area contributed by atoms with Gasteiger partial charge in [-0.2, -0.15) is 0 Å². The minimum absolute atomic E-state index is 0.0145. The Labute approximate surface area is 372 Å². The van der Waals surface area contributed by atoms with E-state index in [2.05, 4.69) is 25.3 Å². The van der Waals surface area contributed by atoms with Gasteiger partial charge in [-0.15, -0.1) is 0 Å². The van der Waals surface area contributed by atoms with E-state index in [4.69, 9.17) is 34.0 Å². The van der Waals surface area contributed by atoms with Gasteiger partial charge in [-0.05, 0) is 47.5 Å². The smallest absolute Gasteiger partial charge is 0.321 e. The molecule has 0 aliphatic carbocycles. The maximum Gasteiger partial charge on any atom is 0.321 e. The first kappa shape index (κ1) is 43.0. The predicted molar refractivity (Wildman–Crippen MR) is 245 cm³/mol. The van der Waals surface area contributed by atoms with Gasteiger partial charge < -0.3 is 30.9 Å². The molecule has 64 heavy (non-hydrogen) atoms. The summed E-state index contributed by atoms with van der Waals surface area (Å²) in [5, 5.41) is 48.3. The number of hydrogen-bond acceptors (Lipinski definition) is 9. The van der Waals surface area contributed by atoms with Gasteiger partial charge in [0.05, 0.1) is 32.1 Å². The van der Waals surface area contributed by atoms with E-state index < -0.39 is 39.9 Å². The molecule has 0 radical (unpaired) electrons. The van der Waals surface area contributed by atoms with Crippen LogP contribution in [0.4, 0.5) is 11.4 Å². The first-order valence-corrected chi connectivity index (χ1v) is 20.4. The lowest BCUT2D eigenvalue weighted by molar-refractivity contribution is -0.385. The lowest BCUT2D eigenvalue weighted by Gasteiger charge is -2.30. The highest BCUT2D eigenvalue weighted by atomic mass is 35.5. The fourth-order valence-corrected chi connectivity index (χ4v) is 8.35. The van der Waals surface area contributed by atoms with Crippen molar-refractivity contribution in [2.45, 2.75) is 31.0 Å². The number of nitro benzene ring substituents is 2. The molecule has 9 aromatic rings. The predicted octanol–water partition coefficient (Wildman–Crippen LogP) is 9.48. The van der Waals surface area contributed by atoms with E-state index in [1.807, 2.05) is 85.1 Å². The Hall–Kier alpha value is -7.63. The highest BCUT2D eigenvalue weighted by Crippen LogP contribution is 2.39. The Morgan fingerprint density at radius 2 is 1.38 bits per heavy atom. The lowest BCUT2D eigenvalue weighted by Crippen LogP contribution is -2.45. The van der Waals surface area contributed by atoms with Crippen LogP contribution in [0.15, 0.2) is 128 Å². The minimum atomic E-state index is -0.979. The van der Waals surface area contributed by atoms with Gasteiger partial charge in [0, 0.05) is 109 Å². The number of hydrogen-bond donors (Lipinski definition) is 7. The number of rotatable bonds is 8. The number of aliphatic carboxylic acids is 2. The molecule has 10 rings (SSSR count). The van der Waals surface area contributed by atoms with Gasteiger partial charge in [0.25, 0.3) is 11.4 Å². The summed E-state index contributed by atoms with van der Waals surface area (Å²) in [4.78, 5) is 57.6. The highest BCUT2D eigenvalue weighted by molar-refractivity contribution is 6.34. The zero-order valence-electron chi connectivity index (χ0n) is 33.3. The first-order valence-electron chi connectivity index (χ1n) is 19.6. The SMILES string of the molecule is NC(Cc1c[nH]c2ccccc12)C(=O)O.O=C(O)C1Cc2c([nH]c3ccccc23)C(c2cc([N+](=O)[O-])ccc2Cl)N1.O=[N+]([O-])c1ccc(Cl)c(-c2nccc3c2[nH]c2ccccc23)c1. The van der Waals surface area contributed by atoms with E-state index >= 15 is 0 Å². The van der Waals surface area contributed by atoms with Crippen molar-refractivity contribution in [3.8, 4) is 11.3 Å². The summed E-state index contributed by atoms with van der Waals surface area (Å²) in [5.41, 5.74) is 13.3. The molecule has 8 N–H and O–H groups in total. The quantitative estimate of drug-likeness (QED) is 0.0558. The average Bonchev–Trinajstić information content (AvgIpc) is 4.00. The van der Waals surface area contributed by atoms with Crippen LogP contribution in [0.25, 0.3) is 54.9 Å². The van der Waals surface area contributed by atoms with Crippen LogP contribution in [-0.4, -0.2) is 64.0 Å². The van der Waals surface area contributed by atoms with Gasteiger partial charge in [-0.3, -0.25) is 40.1 Å². The molecule has 3 atom stereocenters. The van der Waals surface area contributed by atoms with E-state index in [0.29, 0.717) is 39.7 Å². The number of nitrogens with two attached hydrogens (primary N) is 1. The summed E-state index contributed by atoms with van der Waals surface area (Å²) in [6, 6.07) is 31.5. The fraction of sp³-hybridized carbons (Fsp3) is 0.109. The normalized spacial score (nSPS) is 14.9. The van der Waals surface area contributed by atoms with Crippen molar-refractivity contribution in [2.75, 3.05) is 0 Å². The van der Waals surface area contributed by atoms with E-state index in [0.717, 1.165) is 60.4 Å². The van der Waals surface area contributed by atoms with Crippen LogP contribution in [0.5, 0.6) is 0 Å². The number of nitrogens with one attached hydrogen (secondary N) is 4. The monoisotopic (exact) mass is 898 g/mol. The lowest BCUT2D eigenvalue weighted by atomic mass is 9.90. The first-order chi connectivity index (χ1) is 30.8. The molecule has 0 saturated heterocycles. The summed E-state index contributed by atoms with van der Waals surface area (Å²) in [6.45, 7) is 0. The van der Waals surface area contributed by atoms with Gasteiger partial charge in [0.15, 0.2) is 0 Å². The molecule has 0 fully saturated rings. The highest BCUT2D eigenvalue weighted by Gasteiger charge is 2.35. The van der Waals surface area contributed by atoms with Crippen LogP contribution in [0.3, 0.4) is 0 Å². The minimum Gasteiger partial charge on any atom is -0.480 e. The molecule has 4 aromatic heterocycles. The van der Waals surface area contributed by atoms with Gasteiger partial charge in [-0.25, -0.2) is 0 Å². The molecule has 16 nitrogen and oxygen atoms in total. The number of fused-ring (bicyclic) bond motifs is 7. The molecule has 0 saturated carbocycles. The van der Waals surface area contributed by atoms with Crippen LogP contribution < -0.4 is 11.1 Å². The summed E-state index contributed by atoms with van der Waals surface area (Å²) >= 11 is 12.6. The fourth-order valence-electron chi connectivity index (χ4n) is 7.92. The third kappa shape index (κ3) is 8.58. The number of carboxylic acids is 2. The van der Waals surface area contributed by atoms with Crippen molar-refractivity contribution < 1.29 is 29.6 Å². The third-order valence-corrected chi connectivity index (χ3v) is 11.7. The number of aromatic nitrogens is 4. The number of nitrogens with zero attached hydrogens (tertiary/aromatic N) is 3. The number of nitro groups is 2. The van der Waals surface area contributed by atoms with Crippen LogP contribution in [0, 0.1) is 20.2 Å². The van der Waals surface area contributed by atoms with Crippen molar-refractivity contribution in [2.24, 2.45) is 5.73 Å². The maximum absolute atomic E-state index is 11.6. The Balaban J connectivity index is 0.000000136. The number of para-hydroxylation sites is 3. The molecule has 18 heteroatoms. The molecule has 0 amide bonds. The van der Waals surface area contributed by atoms with Crippen molar-refractivity contribution in [3.05, 3.63) is 180 Å². The van der Waals surface area contributed by atoms with Crippen LogP contribution in [-0.2, 0) is 22.4 Å². The zero-order valence-corrected chi connectivity index (χ0v) is 34.8. The van der Waals surface area contributed by atoms with Gasteiger partial charge in [0.1, 0.15) is 12.1 Å². The van der Waals surface area contributed by atoms with Crippen molar-refractivity contribution >= 4 is 90.1 Å². The molecule has 3 unspecified atom stereocenters. The topological polar surface area (TPSA) is 259 Å². The van der Waals surface area contributed by atoms with Crippen LogP contribution in [0.1, 0.15) is 28.4 Å². The molecule has 1 aliphatic rings. The molecule has 322 valence electrons. The number of pyridine rings is 1. The molecular formula is C46H36Cl2N8O8. The van der Waals surface area contributed by atoms with Gasteiger partial charge in [-0.1, -0.05) is 77.8 Å². The summed E-state index contributed by atoms with van der Waals surface area (Å²) in [6.07, 6.45) is 4.16. The van der Waals surface area contributed by atoms with Gasteiger partial charge >= 0.3 is 11.9 Å². The summed E-state index contributed by atoms with van der Waals surface area (Å²) in [5.74, 6) is -1.95. The standard InChI is InChI=1S/C18H14ClN3O4.C17H10ClN3O2.C11H12N2O2/c19-13-6-5-9(22(25)26)7-12(13)17-16-11(8-15(21-17)18(23)24)10-3-1-2-4-14(10)20-16;18-14-6-5-10(21(22)23)9-13(14)16-17-12(7-8-19-16)11-3-1-2-4-15(11)20-17;12-9(11(14)15)5-7-6-13-10-4-2-1-3-8(7)10/h1-7,15,17,20-21H,8H2,(H,23,24);1-9,20H;1-4,6,9,13H,5,12H2,(H,14,15). The number of carboxylic acid groups (broad SMARTS) is 2. The summed E-state index contributed by atoms with van der Waals surface area (Å²) in [7, 11) is 0. The third-order valence-electron chi connectivity index (χ3n) is 11.0. The molecule has 1 aliphatic heterocycles. The second-order valence-electron chi connectivity index (χ2n) is 14.9. The Kier molecular flexibility index (Phi) is 12.1. The largest absolute Gasteiger partial charge is 0.480 e. The molecular weight excluding hydrogens is 863 g/mol. The Morgan fingerprint density at radius 3 is 2.05 bits per heavy atom. The van der Waals surface area contributed by atoms with Crippen molar-refractivity contribution in [3.63, 3.8) is 0 Å². The van der Waals surface area contributed by atoms with E-state index in [1.165, 1.54) is 36.4 Å². The van der Waals surface area contributed by atoms with E-state index in [1.54, 1.807) is 6.20 Å². The Bertz CT molecular complexity index is 3270. The van der Waals surface area contributed by atoms with Crippen LogP contribution >= 0.6 is 23.2 Å². The zero-order chi connectivity index (χ0) is 45.2. The number of benzene rings is 5. The average molecular weight is 900 g/mol. The summed E-state index contributed by atoms with van der Waals surface area (Å²) < 4.78 is 0. The van der Waals surface area contributed by atoms with Crippen molar-refractivity contribution in [1.82, 2.24) is 25.3 Å². The number of halogens is 2. The van der Waals surface area contributed by atoms with Crippen molar-refractivity contribution in [1.29, 1.82) is 0 Å². The number of aromatic amines is 3.